The highest BCUT2D eigenvalue weighted by atomic mass is 15.1. The van der Waals surface area contributed by atoms with E-state index in [4.69, 9.17) is 5.73 Å². The van der Waals surface area contributed by atoms with Gasteiger partial charge in [-0.3, -0.25) is 0 Å². The summed E-state index contributed by atoms with van der Waals surface area (Å²) in [6, 6.07) is 0.666. The SMILES string of the molecule is CN(CC1CCCC1)C(CN)C1CCC1. The molecule has 1 unspecified atom stereocenters. The van der Waals surface area contributed by atoms with Crippen LogP contribution in [0.15, 0.2) is 0 Å². The van der Waals surface area contributed by atoms with E-state index in [1.54, 1.807) is 0 Å². The molecule has 2 aliphatic carbocycles. The molecule has 0 amide bonds. The summed E-state index contributed by atoms with van der Waals surface area (Å²) in [7, 11) is 2.29. The normalized spacial score (nSPS) is 25.8. The number of rotatable bonds is 5. The lowest BCUT2D eigenvalue weighted by molar-refractivity contribution is 0.110. The van der Waals surface area contributed by atoms with E-state index >= 15 is 0 Å². The molecule has 0 aromatic heterocycles. The molecule has 0 radical (unpaired) electrons. The van der Waals surface area contributed by atoms with Gasteiger partial charge in [0, 0.05) is 19.1 Å². The van der Waals surface area contributed by atoms with Crippen LogP contribution in [-0.2, 0) is 0 Å². The molecule has 0 bridgehead atoms. The largest absolute Gasteiger partial charge is 0.329 e. The van der Waals surface area contributed by atoms with Gasteiger partial charge in [-0.05, 0) is 44.6 Å². The molecule has 2 fully saturated rings. The molecule has 0 aliphatic heterocycles. The van der Waals surface area contributed by atoms with E-state index in [2.05, 4.69) is 11.9 Å². The Kier molecular flexibility index (Phi) is 4.04. The smallest absolute Gasteiger partial charge is 0.0243 e. The molecule has 2 rings (SSSR count). The summed E-state index contributed by atoms with van der Waals surface area (Å²) in [4.78, 5) is 2.56. The average Bonchev–Trinajstić information content (AvgIpc) is 2.63. The predicted octanol–water partition coefficient (Wildman–Crippen LogP) is 2.24. The van der Waals surface area contributed by atoms with E-state index in [0.29, 0.717) is 6.04 Å². The zero-order valence-corrected chi connectivity index (χ0v) is 10.1. The van der Waals surface area contributed by atoms with Crippen LogP contribution < -0.4 is 5.73 Å². The molecule has 1 atom stereocenters. The lowest BCUT2D eigenvalue weighted by Gasteiger charge is -2.39. The Hall–Kier alpha value is -0.0800. The van der Waals surface area contributed by atoms with Crippen molar-refractivity contribution in [3.63, 3.8) is 0 Å². The van der Waals surface area contributed by atoms with Gasteiger partial charge < -0.3 is 10.6 Å². The van der Waals surface area contributed by atoms with E-state index in [-0.39, 0.29) is 0 Å². The first-order chi connectivity index (χ1) is 7.31. The highest BCUT2D eigenvalue weighted by Crippen LogP contribution is 2.33. The summed E-state index contributed by atoms with van der Waals surface area (Å²) in [6.07, 6.45) is 10.1. The highest BCUT2D eigenvalue weighted by Gasteiger charge is 2.30. The Morgan fingerprint density at radius 2 is 1.80 bits per heavy atom. The Morgan fingerprint density at radius 1 is 1.13 bits per heavy atom. The second-order valence-corrected chi connectivity index (χ2v) is 5.58. The lowest BCUT2D eigenvalue weighted by Crippen LogP contribution is -2.47. The van der Waals surface area contributed by atoms with Gasteiger partial charge in [-0.25, -0.2) is 0 Å². The fourth-order valence-corrected chi connectivity index (χ4v) is 3.29. The van der Waals surface area contributed by atoms with Gasteiger partial charge in [-0.2, -0.15) is 0 Å². The van der Waals surface area contributed by atoms with Crippen LogP contribution in [0.4, 0.5) is 0 Å². The van der Waals surface area contributed by atoms with Crippen LogP contribution in [0.3, 0.4) is 0 Å². The fourth-order valence-electron chi connectivity index (χ4n) is 3.29. The average molecular weight is 210 g/mol. The molecule has 2 N–H and O–H groups in total. The van der Waals surface area contributed by atoms with Crippen LogP contribution in [0.2, 0.25) is 0 Å². The quantitative estimate of drug-likeness (QED) is 0.754. The first-order valence-corrected chi connectivity index (χ1v) is 6.71. The Morgan fingerprint density at radius 3 is 2.27 bits per heavy atom. The van der Waals surface area contributed by atoms with E-state index < -0.39 is 0 Å². The van der Waals surface area contributed by atoms with Crippen LogP contribution >= 0.6 is 0 Å². The number of nitrogens with two attached hydrogens (primary N) is 1. The minimum atomic E-state index is 0.666. The van der Waals surface area contributed by atoms with Crippen molar-refractivity contribution < 1.29 is 0 Å². The molecular formula is C13H26N2. The molecule has 0 heterocycles. The summed E-state index contributed by atoms with van der Waals surface area (Å²) in [5, 5.41) is 0. The molecule has 0 spiro atoms. The third kappa shape index (κ3) is 2.73. The number of hydrogen-bond acceptors (Lipinski definition) is 2. The second kappa shape index (κ2) is 5.31. The maximum atomic E-state index is 5.92. The van der Waals surface area contributed by atoms with Gasteiger partial charge in [-0.1, -0.05) is 19.3 Å². The number of nitrogens with zero attached hydrogens (tertiary/aromatic N) is 1. The summed E-state index contributed by atoms with van der Waals surface area (Å²) in [5.74, 6) is 1.87. The van der Waals surface area contributed by atoms with Gasteiger partial charge in [0.05, 0.1) is 0 Å². The maximum Gasteiger partial charge on any atom is 0.0243 e. The van der Waals surface area contributed by atoms with Crippen LogP contribution in [0, 0.1) is 11.8 Å². The summed E-state index contributed by atoms with van der Waals surface area (Å²) < 4.78 is 0. The van der Waals surface area contributed by atoms with Gasteiger partial charge in [0.15, 0.2) is 0 Å². The van der Waals surface area contributed by atoms with Gasteiger partial charge >= 0.3 is 0 Å². The van der Waals surface area contributed by atoms with Crippen molar-refractivity contribution in [1.82, 2.24) is 4.90 Å². The maximum absolute atomic E-state index is 5.92. The zero-order chi connectivity index (χ0) is 10.7. The highest BCUT2D eigenvalue weighted by molar-refractivity contribution is 4.85. The Labute approximate surface area is 94.2 Å². The van der Waals surface area contributed by atoms with Crippen molar-refractivity contribution >= 4 is 0 Å². The van der Waals surface area contributed by atoms with Crippen LogP contribution in [0.1, 0.15) is 44.9 Å². The standard InChI is InChI=1S/C13H26N2/c1-15(10-11-5-2-3-6-11)13(9-14)12-7-4-8-12/h11-13H,2-10,14H2,1H3. The molecule has 0 saturated heterocycles. The molecule has 2 saturated carbocycles. The van der Waals surface area contributed by atoms with Crippen molar-refractivity contribution in [3.8, 4) is 0 Å². The van der Waals surface area contributed by atoms with Crippen LogP contribution in [0.5, 0.6) is 0 Å². The van der Waals surface area contributed by atoms with Gasteiger partial charge in [0.1, 0.15) is 0 Å². The Bertz CT molecular complexity index is 183. The third-order valence-electron chi connectivity index (χ3n) is 4.52. The zero-order valence-electron chi connectivity index (χ0n) is 10.1. The van der Waals surface area contributed by atoms with E-state index in [0.717, 1.165) is 18.4 Å². The molecular weight excluding hydrogens is 184 g/mol. The van der Waals surface area contributed by atoms with E-state index in [1.807, 2.05) is 0 Å². The van der Waals surface area contributed by atoms with Crippen LogP contribution in [-0.4, -0.2) is 31.1 Å². The van der Waals surface area contributed by atoms with E-state index in [9.17, 15) is 0 Å². The van der Waals surface area contributed by atoms with Gasteiger partial charge in [-0.15, -0.1) is 0 Å². The molecule has 2 nitrogen and oxygen atoms in total. The molecule has 2 heteroatoms. The molecule has 15 heavy (non-hydrogen) atoms. The lowest BCUT2D eigenvalue weighted by atomic mass is 9.79. The minimum Gasteiger partial charge on any atom is -0.329 e. The van der Waals surface area contributed by atoms with Crippen molar-refractivity contribution in [2.45, 2.75) is 51.0 Å². The first-order valence-electron chi connectivity index (χ1n) is 6.71. The van der Waals surface area contributed by atoms with Crippen molar-refractivity contribution in [2.75, 3.05) is 20.1 Å². The topological polar surface area (TPSA) is 29.3 Å². The first kappa shape index (κ1) is 11.4. The van der Waals surface area contributed by atoms with Crippen molar-refractivity contribution in [2.24, 2.45) is 17.6 Å². The van der Waals surface area contributed by atoms with E-state index in [1.165, 1.54) is 51.5 Å². The summed E-state index contributed by atoms with van der Waals surface area (Å²) in [6.45, 7) is 2.15. The minimum absolute atomic E-state index is 0.666. The third-order valence-corrected chi connectivity index (χ3v) is 4.52. The fraction of sp³-hybridized carbons (Fsp3) is 1.00. The number of likely N-dealkylation sites (N-methyl/N-ethyl adjacent to an activating group) is 1. The Balaban J connectivity index is 1.78. The molecule has 0 aromatic rings. The molecule has 2 aliphatic rings. The monoisotopic (exact) mass is 210 g/mol. The summed E-state index contributed by atoms with van der Waals surface area (Å²) in [5.41, 5.74) is 5.92. The van der Waals surface area contributed by atoms with Crippen molar-refractivity contribution in [3.05, 3.63) is 0 Å². The summed E-state index contributed by atoms with van der Waals surface area (Å²) >= 11 is 0. The predicted molar refractivity (Wildman–Crippen MR) is 64.8 cm³/mol. The molecule has 88 valence electrons. The van der Waals surface area contributed by atoms with Crippen molar-refractivity contribution in [1.29, 1.82) is 0 Å². The second-order valence-electron chi connectivity index (χ2n) is 5.58. The molecule has 0 aromatic carbocycles. The van der Waals surface area contributed by atoms with Crippen LogP contribution in [0.25, 0.3) is 0 Å². The van der Waals surface area contributed by atoms with Gasteiger partial charge in [0.25, 0.3) is 0 Å². The van der Waals surface area contributed by atoms with Gasteiger partial charge in [0.2, 0.25) is 0 Å². The number of hydrogen-bond donors (Lipinski definition) is 1.